The van der Waals surface area contributed by atoms with Crippen molar-refractivity contribution in [1.82, 2.24) is 9.88 Å². The topological polar surface area (TPSA) is 98.5 Å². The molecule has 2 aromatic rings. The summed E-state index contributed by atoms with van der Waals surface area (Å²) < 4.78 is 5.71. The maximum absolute atomic E-state index is 13.4. The number of rotatable bonds is 9. The van der Waals surface area contributed by atoms with Crippen LogP contribution in [0.1, 0.15) is 78.8 Å². The molecule has 8 heteroatoms. The Kier molecular flexibility index (Phi) is 8.03. The molecule has 0 saturated heterocycles. The highest BCUT2D eigenvalue weighted by molar-refractivity contribution is 8.93. The summed E-state index contributed by atoms with van der Waals surface area (Å²) in [7, 11) is 1.63. The van der Waals surface area contributed by atoms with Gasteiger partial charge in [0.25, 0.3) is 0 Å². The molecule has 1 aliphatic heterocycles. The highest BCUT2D eigenvalue weighted by Gasteiger charge is 2.32. The SMILES string of the molecule is Br.COc1c(NCCCO)cc(C(=O)CN2Cc3ccc(C4CC4)nc3C2=N)cc1C(C)(C)C. The molecule has 4 rings (SSSR count). The molecular weight excluding hydrogens is 496 g/mol. The molecule has 7 nitrogen and oxygen atoms in total. The van der Waals surface area contributed by atoms with Crippen molar-refractivity contribution in [1.29, 1.82) is 5.41 Å². The molecule has 1 aromatic heterocycles. The Bertz CT molecular complexity index is 1080. The molecule has 1 aromatic carbocycles. The molecule has 0 bridgehead atoms. The minimum atomic E-state index is -0.227. The zero-order chi connectivity index (χ0) is 23.8. The van der Waals surface area contributed by atoms with E-state index in [4.69, 9.17) is 20.2 Å². The third-order valence-electron chi connectivity index (χ3n) is 6.31. The number of aliphatic hydroxyl groups is 1. The van der Waals surface area contributed by atoms with Gasteiger partial charge in [0.05, 0.1) is 19.3 Å². The molecular formula is C26H35BrN4O3. The zero-order valence-electron chi connectivity index (χ0n) is 20.4. The molecule has 3 N–H and O–H groups in total. The summed E-state index contributed by atoms with van der Waals surface area (Å²) in [6.07, 6.45) is 2.94. The first-order chi connectivity index (χ1) is 15.7. The molecule has 0 spiro atoms. The van der Waals surface area contributed by atoms with E-state index in [1.165, 1.54) is 12.8 Å². The second-order valence-corrected chi connectivity index (χ2v) is 10.0. The maximum atomic E-state index is 13.4. The van der Waals surface area contributed by atoms with Gasteiger partial charge in [0, 0.05) is 48.0 Å². The lowest BCUT2D eigenvalue weighted by Crippen LogP contribution is -2.30. The Morgan fingerprint density at radius 3 is 2.65 bits per heavy atom. The van der Waals surface area contributed by atoms with Gasteiger partial charge in [0.15, 0.2) is 5.78 Å². The number of fused-ring (bicyclic) bond motifs is 1. The number of aliphatic hydroxyl groups excluding tert-OH is 1. The van der Waals surface area contributed by atoms with Crippen LogP contribution in [0.2, 0.25) is 0 Å². The molecule has 34 heavy (non-hydrogen) atoms. The number of carbonyl (C=O) groups is 1. The van der Waals surface area contributed by atoms with Crippen LogP contribution in [0.5, 0.6) is 5.75 Å². The van der Waals surface area contributed by atoms with Crippen molar-refractivity contribution >= 4 is 34.3 Å². The molecule has 2 heterocycles. The van der Waals surface area contributed by atoms with Gasteiger partial charge < -0.3 is 20.1 Å². The molecule has 1 saturated carbocycles. The third-order valence-corrected chi connectivity index (χ3v) is 6.31. The van der Waals surface area contributed by atoms with Crippen LogP contribution in [-0.2, 0) is 12.0 Å². The van der Waals surface area contributed by atoms with Gasteiger partial charge in [-0.2, -0.15) is 0 Å². The zero-order valence-corrected chi connectivity index (χ0v) is 22.1. The lowest BCUT2D eigenvalue weighted by Gasteiger charge is -2.26. The van der Waals surface area contributed by atoms with Crippen molar-refractivity contribution in [3.8, 4) is 5.75 Å². The molecule has 0 radical (unpaired) electrons. The van der Waals surface area contributed by atoms with E-state index in [0.717, 1.165) is 28.3 Å². The Hall–Kier alpha value is -2.45. The summed E-state index contributed by atoms with van der Waals surface area (Å²) in [4.78, 5) is 19.9. The molecule has 0 amide bonds. The van der Waals surface area contributed by atoms with Crippen molar-refractivity contribution in [2.24, 2.45) is 0 Å². The first-order valence-electron chi connectivity index (χ1n) is 11.7. The first-order valence-corrected chi connectivity index (χ1v) is 11.7. The fourth-order valence-electron chi connectivity index (χ4n) is 4.28. The van der Waals surface area contributed by atoms with Crippen LogP contribution in [0.25, 0.3) is 0 Å². The number of Topliss-reactive ketones (excluding diaryl/α,β-unsaturated/α-hetero) is 1. The number of halogens is 1. The second-order valence-electron chi connectivity index (χ2n) is 10.0. The number of aromatic nitrogens is 1. The van der Waals surface area contributed by atoms with E-state index in [-0.39, 0.29) is 41.3 Å². The van der Waals surface area contributed by atoms with Gasteiger partial charge in [-0.1, -0.05) is 26.8 Å². The average molecular weight is 531 g/mol. The number of benzene rings is 1. The number of carbonyl (C=O) groups excluding carboxylic acids is 1. The van der Waals surface area contributed by atoms with E-state index in [1.807, 2.05) is 12.1 Å². The van der Waals surface area contributed by atoms with Crippen LogP contribution in [0.15, 0.2) is 24.3 Å². The average Bonchev–Trinajstić information content (AvgIpc) is 3.58. The number of hydrogen-bond donors (Lipinski definition) is 3. The van der Waals surface area contributed by atoms with Gasteiger partial charge >= 0.3 is 0 Å². The van der Waals surface area contributed by atoms with Crippen LogP contribution in [-0.4, -0.2) is 53.4 Å². The van der Waals surface area contributed by atoms with Crippen molar-refractivity contribution in [2.75, 3.05) is 32.1 Å². The van der Waals surface area contributed by atoms with Gasteiger partial charge in [0.1, 0.15) is 17.3 Å². The first kappa shape index (κ1) is 26.2. The van der Waals surface area contributed by atoms with Crippen LogP contribution in [0, 0.1) is 5.41 Å². The van der Waals surface area contributed by atoms with Gasteiger partial charge in [-0.25, -0.2) is 4.98 Å². The van der Waals surface area contributed by atoms with E-state index in [9.17, 15) is 4.79 Å². The lowest BCUT2D eigenvalue weighted by molar-refractivity contribution is 0.0962. The summed E-state index contributed by atoms with van der Waals surface area (Å²) >= 11 is 0. The van der Waals surface area contributed by atoms with Crippen molar-refractivity contribution < 1.29 is 14.6 Å². The van der Waals surface area contributed by atoms with Crippen molar-refractivity contribution in [3.05, 3.63) is 52.3 Å². The molecule has 184 valence electrons. The predicted molar refractivity (Wildman–Crippen MR) is 140 cm³/mol. The van der Waals surface area contributed by atoms with E-state index in [0.29, 0.717) is 42.5 Å². The Balaban J connectivity index is 0.00000324. The minimum absolute atomic E-state index is 0. The predicted octanol–water partition coefficient (Wildman–Crippen LogP) is 4.66. The number of amidine groups is 1. The Morgan fingerprint density at radius 2 is 2.03 bits per heavy atom. The smallest absolute Gasteiger partial charge is 0.182 e. The number of ether oxygens (including phenoxy) is 1. The summed E-state index contributed by atoms with van der Waals surface area (Å²) in [5, 5.41) is 21.1. The standard InChI is InChI=1S/C26H34N4O3.BrH/c1-26(2,3)19-12-18(13-21(24(19)33-4)28-10-5-11-31)22(32)15-30-14-17-8-9-20(16-6-7-16)29-23(17)25(30)27;/h8-9,12-13,16,27-28,31H,5-7,10-11,14-15H2,1-4H3;1H. The summed E-state index contributed by atoms with van der Waals surface area (Å²) in [5.41, 5.74) is 4.83. The van der Waals surface area contributed by atoms with E-state index in [2.05, 4.69) is 38.2 Å². The molecule has 2 aliphatic rings. The number of anilines is 1. The van der Waals surface area contributed by atoms with Gasteiger partial charge in [-0.15, -0.1) is 17.0 Å². The quantitative estimate of drug-likeness (QED) is 0.322. The Morgan fingerprint density at radius 1 is 1.29 bits per heavy atom. The van der Waals surface area contributed by atoms with Gasteiger partial charge in [0.2, 0.25) is 0 Å². The number of ketones is 1. The van der Waals surface area contributed by atoms with Gasteiger partial charge in [-0.05, 0) is 42.9 Å². The lowest BCUT2D eigenvalue weighted by atomic mass is 9.84. The highest BCUT2D eigenvalue weighted by atomic mass is 79.9. The number of nitrogens with one attached hydrogen (secondary N) is 2. The maximum Gasteiger partial charge on any atom is 0.182 e. The normalized spacial score (nSPS) is 15.1. The van der Waals surface area contributed by atoms with E-state index >= 15 is 0 Å². The number of nitrogens with zero attached hydrogens (tertiary/aromatic N) is 2. The van der Waals surface area contributed by atoms with Crippen molar-refractivity contribution in [3.63, 3.8) is 0 Å². The van der Waals surface area contributed by atoms with Crippen LogP contribution >= 0.6 is 17.0 Å². The van der Waals surface area contributed by atoms with Crippen LogP contribution < -0.4 is 10.1 Å². The largest absolute Gasteiger partial charge is 0.494 e. The fraction of sp³-hybridized carbons (Fsp3) is 0.500. The Labute approximate surface area is 212 Å². The van der Waals surface area contributed by atoms with Gasteiger partial charge in [-0.3, -0.25) is 10.2 Å². The summed E-state index contributed by atoms with van der Waals surface area (Å²) in [5.74, 6) is 1.53. The fourth-order valence-corrected chi connectivity index (χ4v) is 4.28. The second kappa shape index (κ2) is 10.4. The van der Waals surface area contributed by atoms with Crippen molar-refractivity contribution in [2.45, 2.75) is 57.9 Å². The monoisotopic (exact) mass is 530 g/mol. The van der Waals surface area contributed by atoms with Crippen LogP contribution in [0.4, 0.5) is 5.69 Å². The van der Waals surface area contributed by atoms with E-state index < -0.39 is 0 Å². The molecule has 0 unspecified atom stereocenters. The summed E-state index contributed by atoms with van der Waals surface area (Å²) in [6.45, 7) is 7.59. The minimum Gasteiger partial charge on any atom is -0.494 e. The molecule has 1 fully saturated rings. The third kappa shape index (κ3) is 5.44. The number of hydrogen-bond acceptors (Lipinski definition) is 6. The van der Waals surface area contributed by atoms with E-state index in [1.54, 1.807) is 12.0 Å². The highest BCUT2D eigenvalue weighted by Crippen LogP contribution is 2.40. The molecule has 1 aliphatic carbocycles. The summed E-state index contributed by atoms with van der Waals surface area (Å²) in [6, 6.07) is 7.86. The van der Waals surface area contributed by atoms with Crippen LogP contribution in [0.3, 0.4) is 0 Å². The molecule has 0 atom stereocenters. The number of pyridine rings is 1. The number of methoxy groups -OCH3 is 1.